The van der Waals surface area contributed by atoms with E-state index < -0.39 is 53.2 Å². The summed E-state index contributed by atoms with van der Waals surface area (Å²) >= 11 is 0. The van der Waals surface area contributed by atoms with Gasteiger partial charge in [0.25, 0.3) is 5.91 Å². The summed E-state index contributed by atoms with van der Waals surface area (Å²) in [6, 6.07) is 11.9. The fraction of sp³-hybridized carbons (Fsp3) is 0.438. The second kappa shape index (κ2) is 16.5. The maximum absolute atomic E-state index is 13.9. The molecule has 3 atom stereocenters. The molecule has 0 radical (unpaired) electrons. The van der Waals surface area contributed by atoms with Gasteiger partial charge in [0, 0.05) is 18.8 Å². The van der Waals surface area contributed by atoms with Crippen LogP contribution >= 0.6 is 0 Å². The van der Waals surface area contributed by atoms with Gasteiger partial charge in [0.2, 0.25) is 5.91 Å². The fourth-order valence-corrected chi connectivity index (χ4v) is 4.65. The zero-order chi connectivity index (χ0) is 33.0. The van der Waals surface area contributed by atoms with Crippen molar-refractivity contribution in [2.45, 2.75) is 76.5 Å². The van der Waals surface area contributed by atoms with Gasteiger partial charge in [0.05, 0.1) is 35.0 Å². The number of halogens is 1. The number of hydrogen-bond acceptors (Lipinski definition) is 9. The molecule has 0 aliphatic heterocycles. The van der Waals surface area contributed by atoms with Crippen LogP contribution in [0.3, 0.4) is 0 Å². The number of primary amides is 1. The Morgan fingerprint density at radius 3 is 2.49 bits per heavy atom. The molecule has 2 amide bonds. The van der Waals surface area contributed by atoms with E-state index in [-0.39, 0.29) is 51.0 Å². The van der Waals surface area contributed by atoms with Gasteiger partial charge in [-0.1, -0.05) is 24.3 Å². The number of ether oxygens (including phenoxy) is 2. The van der Waals surface area contributed by atoms with E-state index in [9.17, 15) is 28.7 Å². The van der Waals surface area contributed by atoms with E-state index in [1.165, 1.54) is 24.4 Å². The maximum atomic E-state index is 13.9. The van der Waals surface area contributed by atoms with Crippen molar-refractivity contribution in [3.63, 3.8) is 0 Å². The van der Waals surface area contributed by atoms with Gasteiger partial charge in [-0.2, -0.15) is 0 Å². The smallest absolute Gasteiger partial charge is 0.307 e. The summed E-state index contributed by atoms with van der Waals surface area (Å²) in [7, 11) is 0. The molecule has 1 aromatic heterocycles. The Balaban J connectivity index is 1.64. The Labute approximate surface area is 260 Å². The second-order valence-electron chi connectivity index (χ2n) is 11.4. The van der Waals surface area contributed by atoms with E-state index in [1.54, 1.807) is 44.2 Å². The molecule has 3 rings (SSSR count). The van der Waals surface area contributed by atoms with Crippen LogP contribution in [0.15, 0.2) is 54.7 Å². The van der Waals surface area contributed by atoms with E-state index in [0.29, 0.717) is 23.0 Å². The topological polar surface area (TPSA) is 191 Å². The van der Waals surface area contributed by atoms with Crippen molar-refractivity contribution in [1.29, 1.82) is 0 Å². The Morgan fingerprint density at radius 1 is 1.07 bits per heavy atom. The molecule has 1 heterocycles. The average molecular weight is 627 g/mol. The molecule has 0 saturated heterocycles. The van der Waals surface area contributed by atoms with Gasteiger partial charge in [0.15, 0.2) is 6.79 Å². The molecule has 5 N–H and O–H groups in total. The molecule has 0 saturated carbocycles. The summed E-state index contributed by atoms with van der Waals surface area (Å²) in [6.45, 7) is 3.11. The van der Waals surface area contributed by atoms with Crippen molar-refractivity contribution in [3.8, 4) is 0 Å². The van der Waals surface area contributed by atoms with Crippen LogP contribution in [0.2, 0.25) is 0 Å². The van der Waals surface area contributed by atoms with Crippen molar-refractivity contribution in [1.82, 2.24) is 15.3 Å². The Bertz CT molecular complexity index is 1480. The first kappa shape index (κ1) is 35.0. The van der Waals surface area contributed by atoms with Gasteiger partial charge in [-0.15, -0.1) is 0 Å². The van der Waals surface area contributed by atoms with Crippen molar-refractivity contribution >= 4 is 34.8 Å². The van der Waals surface area contributed by atoms with Crippen molar-refractivity contribution in [2.24, 2.45) is 11.7 Å². The summed E-state index contributed by atoms with van der Waals surface area (Å²) in [5.74, 6) is -4.14. The van der Waals surface area contributed by atoms with Crippen molar-refractivity contribution in [2.75, 3.05) is 6.79 Å². The summed E-state index contributed by atoms with van der Waals surface area (Å²) in [6.07, 6.45) is 0.489. The highest BCUT2D eigenvalue weighted by Crippen LogP contribution is 2.24. The highest BCUT2D eigenvalue weighted by Gasteiger charge is 2.30. The summed E-state index contributed by atoms with van der Waals surface area (Å²) < 4.78 is 24.6. The maximum Gasteiger partial charge on any atom is 0.307 e. The first-order chi connectivity index (χ1) is 21.3. The Kier molecular flexibility index (Phi) is 12.9. The number of rotatable bonds is 18. The van der Waals surface area contributed by atoms with Gasteiger partial charge in [-0.05, 0) is 75.8 Å². The lowest BCUT2D eigenvalue weighted by molar-refractivity contribution is -0.170. The van der Waals surface area contributed by atoms with Gasteiger partial charge in [-0.3, -0.25) is 24.2 Å². The first-order valence-electron chi connectivity index (χ1n) is 14.6. The lowest BCUT2D eigenvalue weighted by atomic mass is 9.87. The monoisotopic (exact) mass is 626 g/mol. The number of carbonyl (C=O) groups is 4. The van der Waals surface area contributed by atoms with Crippen LogP contribution < -0.4 is 11.1 Å². The molecule has 0 fully saturated rings. The van der Waals surface area contributed by atoms with E-state index in [2.05, 4.69) is 15.3 Å². The molecule has 3 aromatic rings. The van der Waals surface area contributed by atoms with Gasteiger partial charge in [-0.25, -0.2) is 9.37 Å². The number of amides is 2. The molecule has 12 nitrogen and oxygen atoms in total. The normalized spacial score (nSPS) is 13.5. The van der Waals surface area contributed by atoms with Crippen LogP contribution in [0, 0.1) is 11.7 Å². The number of aliphatic hydroxyl groups excluding tert-OH is 1. The summed E-state index contributed by atoms with van der Waals surface area (Å²) in [4.78, 5) is 56.6. The molecule has 0 bridgehead atoms. The molecule has 0 unspecified atom stereocenters. The van der Waals surface area contributed by atoms with Crippen molar-refractivity contribution < 1.29 is 43.3 Å². The Morgan fingerprint density at radius 2 is 1.80 bits per heavy atom. The predicted molar refractivity (Wildman–Crippen MR) is 161 cm³/mol. The first-order valence-corrected chi connectivity index (χ1v) is 14.6. The quantitative estimate of drug-likeness (QED) is 0.120. The lowest BCUT2D eigenvalue weighted by Gasteiger charge is -2.29. The second-order valence-corrected chi connectivity index (χ2v) is 11.4. The minimum atomic E-state index is -1.25. The molecule has 13 heteroatoms. The van der Waals surface area contributed by atoms with Crippen LogP contribution in [0.5, 0.6) is 0 Å². The van der Waals surface area contributed by atoms with Gasteiger partial charge < -0.3 is 30.7 Å². The highest BCUT2D eigenvalue weighted by atomic mass is 19.1. The lowest BCUT2D eigenvalue weighted by Crippen LogP contribution is -2.46. The zero-order valence-corrected chi connectivity index (χ0v) is 25.3. The largest absolute Gasteiger partial charge is 0.481 e. The van der Waals surface area contributed by atoms with E-state index >= 15 is 0 Å². The third-order valence-corrected chi connectivity index (χ3v) is 7.27. The number of hydrogen-bond donors (Lipinski definition) is 4. The predicted octanol–water partition coefficient (Wildman–Crippen LogP) is 3.29. The average Bonchev–Trinajstić information content (AvgIpc) is 2.98. The standard InChI is InChI=1S/C32H39FN4O8/c1-32(2,45-19-44-29(41)12-6-11-28(39)40)14-13-21(30(34)42)17-27(38)25(16-20-7-5-8-22(33)15-20)37-31(43)26-18-35-23-9-3-4-10-24(23)36-26/h3-5,7-10,15,18,21,25,27,38H,6,11-14,16-17,19H2,1-2H3,(H2,34,42)(H,37,43)(H,39,40)/t21-,25+,27+/m1/s1. The number of aliphatic carboxylic acids is 1. The van der Waals surface area contributed by atoms with Crippen molar-refractivity contribution in [3.05, 3.63) is 71.8 Å². The van der Waals surface area contributed by atoms with Crippen LogP contribution in [0.1, 0.15) is 68.4 Å². The third kappa shape index (κ3) is 11.8. The molecule has 45 heavy (non-hydrogen) atoms. The molecule has 0 spiro atoms. The molecule has 242 valence electrons. The Hall–Kier alpha value is -4.49. The number of carboxylic acid groups (broad SMARTS) is 1. The van der Waals surface area contributed by atoms with E-state index in [0.717, 1.165) is 0 Å². The number of nitrogens with zero attached hydrogens (tertiary/aromatic N) is 2. The van der Waals surface area contributed by atoms with Gasteiger partial charge >= 0.3 is 11.9 Å². The minimum Gasteiger partial charge on any atom is -0.481 e. The fourth-order valence-electron chi connectivity index (χ4n) is 4.65. The SMILES string of the molecule is CC(C)(CC[C@H](C[C@H](O)[C@H](Cc1cccc(F)c1)NC(=O)c1cnc2ccccc2n1)C(N)=O)OCOC(=O)CCCC(=O)O. The number of nitrogens with one attached hydrogen (secondary N) is 1. The van der Waals surface area contributed by atoms with Crippen LogP contribution in [0.25, 0.3) is 11.0 Å². The summed E-state index contributed by atoms with van der Waals surface area (Å²) in [5.41, 5.74) is 6.51. The van der Waals surface area contributed by atoms with Gasteiger partial charge in [0.1, 0.15) is 11.5 Å². The number of aromatic nitrogens is 2. The molecular weight excluding hydrogens is 587 g/mol. The summed E-state index contributed by atoms with van der Waals surface area (Å²) in [5, 5.41) is 22.7. The molecular formula is C32H39FN4O8. The number of para-hydroxylation sites is 2. The molecule has 0 aliphatic carbocycles. The third-order valence-electron chi connectivity index (χ3n) is 7.27. The van der Waals surface area contributed by atoms with Crippen LogP contribution in [-0.2, 0) is 30.3 Å². The minimum absolute atomic E-state index is 0.0260. The number of carbonyl (C=O) groups excluding carboxylic acids is 3. The number of fused-ring (bicyclic) bond motifs is 1. The number of esters is 1. The molecule has 0 aliphatic rings. The number of benzene rings is 2. The zero-order valence-electron chi connectivity index (χ0n) is 25.3. The van der Waals surface area contributed by atoms with E-state index in [1.807, 2.05) is 0 Å². The molecule has 2 aromatic carbocycles. The van der Waals surface area contributed by atoms with Crippen LogP contribution in [-0.4, -0.2) is 68.5 Å². The number of aliphatic hydroxyl groups is 1. The highest BCUT2D eigenvalue weighted by molar-refractivity contribution is 5.94. The number of nitrogens with two attached hydrogens (primary N) is 1. The van der Waals surface area contributed by atoms with Crippen LogP contribution in [0.4, 0.5) is 4.39 Å². The van der Waals surface area contributed by atoms with E-state index in [4.69, 9.17) is 20.3 Å². The number of carboxylic acids is 1.